The van der Waals surface area contributed by atoms with Crippen molar-refractivity contribution in [3.63, 3.8) is 0 Å². The number of hydrogen-bond acceptors (Lipinski definition) is 4. The normalized spacial score (nSPS) is 53.0. The Morgan fingerprint density at radius 1 is 1.10 bits per heavy atom. The first-order valence-corrected chi connectivity index (χ1v) is 8.48. The van der Waals surface area contributed by atoms with Crippen molar-refractivity contribution in [3.8, 4) is 0 Å². The van der Waals surface area contributed by atoms with E-state index in [1.54, 1.807) is 0 Å². The topological polar surface area (TPSA) is 57.6 Å². The molecule has 4 fully saturated rings. The van der Waals surface area contributed by atoms with E-state index in [0.29, 0.717) is 12.8 Å². The molecule has 4 nitrogen and oxygen atoms in total. The Kier molecular flexibility index (Phi) is 2.90. The van der Waals surface area contributed by atoms with Crippen LogP contribution in [0.25, 0.3) is 0 Å². The number of piperidine rings is 1. The van der Waals surface area contributed by atoms with Crippen LogP contribution in [0.4, 0.5) is 0 Å². The molecule has 6 atom stereocenters. The van der Waals surface area contributed by atoms with Gasteiger partial charge >= 0.3 is 0 Å². The minimum Gasteiger partial charge on any atom is -0.392 e. The fraction of sp³-hybridized carbons (Fsp3) is 0.882. The van der Waals surface area contributed by atoms with Crippen molar-refractivity contribution in [3.05, 3.63) is 0 Å². The molecule has 0 amide bonds. The van der Waals surface area contributed by atoms with E-state index in [9.17, 15) is 14.7 Å². The molecule has 2 spiro atoms. The number of hydrogen-bond donors (Lipinski definition) is 1. The summed E-state index contributed by atoms with van der Waals surface area (Å²) >= 11 is 0. The van der Waals surface area contributed by atoms with Gasteiger partial charge in [0.15, 0.2) is 0 Å². The Morgan fingerprint density at radius 3 is 2.57 bits per heavy atom. The predicted octanol–water partition coefficient (Wildman–Crippen LogP) is 1.41. The molecule has 1 unspecified atom stereocenters. The van der Waals surface area contributed by atoms with Gasteiger partial charge in [0.2, 0.25) is 0 Å². The Labute approximate surface area is 125 Å². The standard InChI is InChI=1S/C17H25NO3/c1-11-8-14(20)17-5-3-7-18-6-2-4-16(17,10-18)13(19)9-12(17)15(11)21/h11-12,15,21H,2-10H2,1H3/t11-,12+,15+,16+,17+/m0/s1. The maximum absolute atomic E-state index is 13.1. The lowest BCUT2D eigenvalue weighted by atomic mass is 9.51. The molecule has 116 valence electrons. The zero-order chi connectivity index (χ0) is 14.8. The number of Topliss-reactive ketones (excluding diaryl/α,β-unsaturated/α-hetero) is 2. The zero-order valence-corrected chi connectivity index (χ0v) is 12.8. The van der Waals surface area contributed by atoms with E-state index in [2.05, 4.69) is 4.90 Å². The number of carbonyl (C=O) groups is 2. The van der Waals surface area contributed by atoms with Crippen LogP contribution >= 0.6 is 0 Å². The summed E-state index contributed by atoms with van der Waals surface area (Å²) in [5.74, 6) is 0.416. The SMILES string of the molecule is C[C@H]1CC(=O)[C@]23CCCN4CCC[C@@]2(C4)C(=O)C[C@@H]3[C@@H]1O. The lowest BCUT2D eigenvalue weighted by Gasteiger charge is -2.52. The van der Waals surface area contributed by atoms with Gasteiger partial charge in [0.1, 0.15) is 11.6 Å². The molecule has 4 aliphatic rings. The summed E-state index contributed by atoms with van der Waals surface area (Å²) in [7, 11) is 0. The minimum absolute atomic E-state index is 0.000906. The molecule has 4 heteroatoms. The fourth-order valence-electron chi connectivity index (χ4n) is 6.12. The van der Waals surface area contributed by atoms with Crippen molar-refractivity contribution in [1.29, 1.82) is 0 Å². The molecule has 21 heavy (non-hydrogen) atoms. The van der Waals surface area contributed by atoms with Crippen LogP contribution in [0.5, 0.6) is 0 Å². The van der Waals surface area contributed by atoms with Gasteiger partial charge in [-0.25, -0.2) is 0 Å². The number of rotatable bonds is 0. The molecule has 0 aromatic carbocycles. The zero-order valence-electron chi connectivity index (χ0n) is 12.8. The average Bonchev–Trinajstić information content (AvgIpc) is 2.61. The van der Waals surface area contributed by atoms with Gasteiger partial charge in [0.25, 0.3) is 0 Å². The monoisotopic (exact) mass is 291 g/mol. The van der Waals surface area contributed by atoms with Crippen LogP contribution < -0.4 is 0 Å². The average molecular weight is 291 g/mol. The quantitative estimate of drug-likeness (QED) is 0.733. The summed E-state index contributed by atoms with van der Waals surface area (Å²) in [4.78, 5) is 28.4. The van der Waals surface area contributed by atoms with Crippen LogP contribution in [0.2, 0.25) is 0 Å². The van der Waals surface area contributed by atoms with Crippen LogP contribution in [-0.2, 0) is 9.59 Å². The maximum atomic E-state index is 13.1. The number of aliphatic hydroxyl groups excluding tert-OH is 1. The third-order valence-electron chi connectivity index (χ3n) is 7.04. The van der Waals surface area contributed by atoms with E-state index in [1.165, 1.54) is 0 Å². The molecule has 4 rings (SSSR count). The molecule has 0 radical (unpaired) electrons. The lowest BCUT2D eigenvalue weighted by molar-refractivity contribution is -0.161. The van der Waals surface area contributed by atoms with Gasteiger partial charge < -0.3 is 10.0 Å². The first kappa shape index (κ1) is 13.9. The van der Waals surface area contributed by atoms with E-state index in [-0.39, 0.29) is 23.4 Å². The minimum atomic E-state index is -0.550. The van der Waals surface area contributed by atoms with E-state index in [4.69, 9.17) is 0 Å². The van der Waals surface area contributed by atoms with Gasteiger partial charge in [-0.15, -0.1) is 0 Å². The van der Waals surface area contributed by atoms with Crippen LogP contribution in [0.3, 0.4) is 0 Å². The van der Waals surface area contributed by atoms with E-state index >= 15 is 0 Å². The second kappa shape index (κ2) is 4.39. The highest BCUT2D eigenvalue weighted by atomic mass is 16.3. The smallest absolute Gasteiger partial charge is 0.141 e. The molecule has 2 heterocycles. The Morgan fingerprint density at radius 2 is 1.81 bits per heavy atom. The van der Waals surface area contributed by atoms with Crippen molar-refractivity contribution in [2.75, 3.05) is 19.6 Å². The third kappa shape index (κ3) is 1.53. The summed E-state index contributed by atoms with van der Waals surface area (Å²) in [5.41, 5.74) is -1.03. The highest BCUT2D eigenvalue weighted by Crippen LogP contribution is 2.65. The number of ketones is 2. The number of fused-ring (bicyclic) bond motifs is 1. The number of carbonyl (C=O) groups excluding carboxylic acids is 2. The second-order valence-electron chi connectivity index (χ2n) is 7.87. The summed E-state index contributed by atoms with van der Waals surface area (Å²) in [6.07, 6.45) is 4.04. The Hall–Kier alpha value is -0.740. The lowest BCUT2D eigenvalue weighted by Crippen LogP contribution is -2.60. The van der Waals surface area contributed by atoms with Crippen LogP contribution in [-0.4, -0.2) is 47.3 Å². The fourth-order valence-corrected chi connectivity index (χ4v) is 6.12. The Bertz CT molecular complexity index is 504. The van der Waals surface area contributed by atoms with E-state index in [0.717, 1.165) is 45.3 Å². The van der Waals surface area contributed by atoms with Crippen LogP contribution in [0.1, 0.15) is 45.4 Å². The summed E-state index contributed by atoms with van der Waals surface area (Å²) in [6.45, 7) is 4.77. The summed E-state index contributed by atoms with van der Waals surface area (Å²) < 4.78 is 0. The first-order valence-electron chi connectivity index (χ1n) is 8.48. The van der Waals surface area contributed by atoms with E-state index in [1.807, 2.05) is 6.92 Å². The highest BCUT2D eigenvalue weighted by Gasteiger charge is 2.71. The Balaban J connectivity index is 1.88. The molecule has 1 N–H and O–H groups in total. The third-order valence-corrected chi connectivity index (χ3v) is 7.04. The summed E-state index contributed by atoms with van der Waals surface area (Å²) in [6, 6.07) is 0. The van der Waals surface area contributed by atoms with Gasteiger partial charge in [0, 0.05) is 30.7 Å². The van der Waals surface area contributed by atoms with Gasteiger partial charge in [0.05, 0.1) is 11.5 Å². The highest BCUT2D eigenvalue weighted by molar-refractivity contribution is 6.00. The summed E-state index contributed by atoms with van der Waals surface area (Å²) in [5, 5.41) is 10.7. The predicted molar refractivity (Wildman–Crippen MR) is 77.7 cm³/mol. The van der Waals surface area contributed by atoms with Crippen molar-refractivity contribution in [2.45, 2.75) is 51.6 Å². The van der Waals surface area contributed by atoms with Gasteiger partial charge in [-0.2, -0.15) is 0 Å². The largest absolute Gasteiger partial charge is 0.392 e. The first-order chi connectivity index (χ1) is 10.0. The van der Waals surface area contributed by atoms with Gasteiger partial charge in [-0.05, 0) is 44.7 Å². The molecule has 2 saturated carbocycles. The molecule has 0 aromatic rings. The van der Waals surface area contributed by atoms with Crippen molar-refractivity contribution in [1.82, 2.24) is 4.90 Å². The molecular weight excluding hydrogens is 266 g/mol. The van der Waals surface area contributed by atoms with Gasteiger partial charge in [-0.1, -0.05) is 6.92 Å². The molecule has 2 saturated heterocycles. The van der Waals surface area contributed by atoms with Crippen LogP contribution in [0.15, 0.2) is 0 Å². The van der Waals surface area contributed by atoms with Gasteiger partial charge in [-0.3, -0.25) is 9.59 Å². The number of nitrogens with zero attached hydrogens (tertiary/aromatic N) is 1. The molecule has 2 bridgehead atoms. The molecule has 2 aliphatic heterocycles. The van der Waals surface area contributed by atoms with Crippen molar-refractivity contribution >= 4 is 11.6 Å². The molecule has 0 aromatic heterocycles. The van der Waals surface area contributed by atoms with Crippen LogP contribution in [0, 0.1) is 22.7 Å². The van der Waals surface area contributed by atoms with Crippen molar-refractivity contribution < 1.29 is 14.7 Å². The second-order valence-corrected chi connectivity index (χ2v) is 7.87. The molecular formula is C17H25NO3. The maximum Gasteiger partial charge on any atom is 0.141 e. The number of aliphatic hydroxyl groups is 1. The van der Waals surface area contributed by atoms with Crippen molar-refractivity contribution in [2.24, 2.45) is 22.7 Å². The molecule has 2 aliphatic carbocycles. The van der Waals surface area contributed by atoms with E-state index < -0.39 is 16.9 Å².